The molecule has 2 aromatic heterocycles. The van der Waals surface area contributed by atoms with Crippen LogP contribution in [-0.4, -0.2) is 23.2 Å². The molecule has 2 heterocycles. The SMILES string of the molecule is Cn1ncc(Cl)c1S(=O)(=O)Nc1ccnc(Cl)c1. The zero-order valence-corrected chi connectivity index (χ0v) is 11.5. The Morgan fingerprint density at radius 2 is 2.11 bits per heavy atom. The van der Waals surface area contributed by atoms with Crippen LogP contribution < -0.4 is 4.72 Å². The van der Waals surface area contributed by atoms with Gasteiger partial charge in [-0.2, -0.15) is 13.5 Å². The molecule has 6 nitrogen and oxygen atoms in total. The van der Waals surface area contributed by atoms with Gasteiger partial charge in [0.05, 0.1) is 16.9 Å². The fourth-order valence-corrected chi connectivity index (χ4v) is 3.25. The fourth-order valence-electron chi connectivity index (χ4n) is 1.37. The zero-order chi connectivity index (χ0) is 13.3. The molecule has 0 bridgehead atoms. The highest BCUT2D eigenvalue weighted by molar-refractivity contribution is 7.92. The van der Waals surface area contributed by atoms with Gasteiger partial charge in [0.25, 0.3) is 10.0 Å². The molecule has 0 saturated heterocycles. The van der Waals surface area contributed by atoms with Gasteiger partial charge in [-0.05, 0) is 12.1 Å². The number of nitrogens with zero attached hydrogens (tertiary/aromatic N) is 3. The lowest BCUT2D eigenvalue weighted by Gasteiger charge is -2.08. The summed E-state index contributed by atoms with van der Waals surface area (Å²) in [6, 6.07) is 2.87. The van der Waals surface area contributed by atoms with Crippen molar-refractivity contribution in [1.82, 2.24) is 14.8 Å². The summed E-state index contributed by atoms with van der Waals surface area (Å²) in [5, 5.41) is 3.89. The predicted molar refractivity (Wildman–Crippen MR) is 68.3 cm³/mol. The molecule has 0 atom stereocenters. The third kappa shape index (κ3) is 2.58. The maximum absolute atomic E-state index is 12.1. The van der Waals surface area contributed by atoms with Crippen molar-refractivity contribution in [2.75, 3.05) is 4.72 Å². The first-order valence-corrected chi connectivity index (χ1v) is 6.96. The van der Waals surface area contributed by atoms with Crippen LogP contribution in [0.15, 0.2) is 29.6 Å². The third-order valence-electron chi connectivity index (χ3n) is 2.08. The van der Waals surface area contributed by atoms with Gasteiger partial charge in [0, 0.05) is 13.2 Å². The van der Waals surface area contributed by atoms with Crippen molar-refractivity contribution < 1.29 is 8.42 Å². The van der Waals surface area contributed by atoms with E-state index in [1.54, 1.807) is 0 Å². The summed E-state index contributed by atoms with van der Waals surface area (Å²) in [5.41, 5.74) is 0.298. The minimum absolute atomic E-state index is 0.0464. The molecule has 0 radical (unpaired) electrons. The molecular formula is C9H8Cl2N4O2S. The largest absolute Gasteiger partial charge is 0.280 e. The first-order valence-electron chi connectivity index (χ1n) is 4.72. The van der Waals surface area contributed by atoms with E-state index in [2.05, 4.69) is 14.8 Å². The Balaban J connectivity index is 2.39. The van der Waals surface area contributed by atoms with Crippen molar-refractivity contribution in [3.8, 4) is 0 Å². The summed E-state index contributed by atoms with van der Waals surface area (Å²) >= 11 is 11.5. The molecule has 0 aliphatic carbocycles. The molecule has 2 aromatic rings. The molecule has 18 heavy (non-hydrogen) atoms. The van der Waals surface area contributed by atoms with E-state index in [4.69, 9.17) is 23.2 Å². The number of hydrogen-bond donors (Lipinski definition) is 1. The Morgan fingerprint density at radius 3 is 2.67 bits per heavy atom. The first-order chi connectivity index (χ1) is 8.40. The Morgan fingerprint density at radius 1 is 1.39 bits per heavy atom. The summed E-state index contributed by atoms with van der Waals surface area (Å²) in [4.78, 5) is 3.75. The molecule has 0 aliphatic rings. The van der Waals surface area contributed by atoms with Crippen LogP contribution >= 0.6 is 23.2 Å². The van der Waals surface area contributed by atoms with Gasteiger partial charge in [-0.3, -0.25) is 9.40 Å². The van der Waals surface area contributed by atoms with E-state index in [1.165, 1.54) is 36.3 Å². The second-order valence-electron chi connectivity index (χ2n) is 3.39. The molecule has 0 spiro atoms. The number of aryl methyl sites for hydroxylation is 1. The minimum Gasteiger partial charge on any atom is -0.278 e. The maximum atomic E-state index is 12.1. The van der Waals surface area contributed by atoms with Crippen LogP contribution in [0.4, 0.5) is 5.69 Å². The Labute approximate surface area is 114 Å². The average Bonchev–Trinajstić information content (AvgIpc) is 2.58. The van der Waals surface area contributed by atoms with E-state index in [0.717, 1.165) is 0 Å². The fraction of sp³-hybridized carbons (Fsp3) is 0.111. The molecule has 9 heteroatoms. The van der Waals surface area contributed by atoms with Gasteiger partial charge in [-0.25, -0.2) is 4.98 Å². The van der Waals surface area contributed by atoms with Gasteiger partial charge in [-0.1, -0.05) is 23.2 Å². The molecular weight excluding hydrogens is 299 g/mol. The maximum Gasteiger partial charge on any atom is 0.280 e. The summed E-state index contributed by atoms with van der Waals surface area (Å²) in [5.74, 6) is 0. The molecule has 0 amide bonds. The number of nitrogens with one attached hydrogen (secondary N) is 1. The highest BCUT2D eigenvalue weighted by Crippen LogP contribution is 2.23. The van der Waals surface area contributed by atoms with Gasteiger partial charge in [-0.15, -0.1) is 0 Å². The van der Waals surface area contributed by atoms with Gasteiger partial charge in [0.2, 0.25) is 0 Å². The zero-order valence-electron chi connectivity index (χ0n) is 9.13. The van der Waals surface area contributed by atoms with Crippen LogP contribution in [0.25, 0.3) is 0 Å². The molecule has 0 saturated carbocycles. The summed E-state index contributed by atoms with van der Waals surface area (Å²) in [6.45, 7) is 0. The first kappa shape index (κ1) is 13.1. The van der Waals surface area contributed by atoms with E-state index < -0.39 is 10.0 Å². The number of hydrogen-bond acceptors (Lipinski definition) is 4. The monoisotopic (exact) mass is 306 g/mol. The quantitative estimate of drug-likeness (QED) is 0.879. The van der Waals surface area contributed by atoms with Gasteiger partial charge < -0.3 is 0 Å². The second-order valence-corrected chi connectivity index (χ2v) is 5.79. The number of rotatable bonds is 3. The van der Waals surface area contributed by atoms with Gasteiger partial charge in [0.15, 0.2) is 5.03 Å². The van der Waals surface area contributed by atoms with Crippen LogP contribution in [-0.2, 0) is 17.1 Å². The standard InChI is InChI=1S/C9H8Cl2N4O2S/c1-15-9(7(10)5-13-15)18(16,17)14-6-2-3-12-8(11)4-6/h2-5H,1H3,(H,12,14). The number of pyridine rings is 1. The second kappa shape index (κ2) is 4.75. The Hall–Kier alpha value is -1.31. The molecule has 0 aromatic carbocycles. The normalized spacial score (nSPS) is 11.5. The number of sulfonamides is 1. The molecule has 96 valence electrons. The summed E-state index contributed by atoms with van der Waals surface area (Å²) in [6.07, 6.45) is 2.65. The number of aromatic nitrogens is 3. The van der Waals surface area contributed by atoms with Crippen molar-refractivity contribution in [1.29, 1.82) is 0 Å². The topological polar surface area (TPSA) is 76.9 Å². The summed E-state index contributed by atoms with van der Waals surface area (Å²) in [7, 11) is -2.33. The lowest BCUT2D eigenvalue weighted by Crippen LogP contribution is -2.17. The molecule has 0 unspecified atom stereocenters. The number of halogens is 2. The molecule has 1 N–H and O–H groups in total. The van der Waals surface area contributed by atoms with Crippen LogP contribution in [0.1, 0.15) is 0 Å². The highest BCUT2D eigenvalue weighted by atomic mass is 35.5. The van der Waals surface area contributed by atoms with Crippen molar-refractivity contribution in [2.24, 2.45) is 7.05 Å². The van der Waals surface area contributed by atoms with Crippen LogP contribution in [0.3, 0.4) is 0 Å². The minimum atomic E-state index is -3.82. The van der Waals surface area contributed by atoms with E-state index in [0.29, 0.717) is 5.69 Å². The van der Waals surface area contributed by atoms with E-state index in [-0.39, 0.29) is 15.2 Å². The van der Waals surface area contributed by atoms with E-state index in [1.807, 2.05) is 0 Å². The lowest BCUT2D eigenvalue weighted by molar-refractivity contribution is 0.582. The van der Waals surface area contributed by atoms with Crippen LogP contribution in [0.2, 0.25) is 10.2 Å². The van der Waals surface area contributed by atoms with Crippen LogP contribution in [0.5, 0.6) is 0 Å². The lowest BCUT2D eigenvalue weighted by atomic mass is 10.4. The van der Waals surface area contributed by atoms with Crippen molar-refractivity contribution >= 4 is 38.9 Å². The van der Waals surface area contributed by atoms with Crippen molar-refractivity contribution in [2.45, 2.75) is 5.03 Å². The van der Waals surface area contributed by atoms with Gasteiger partial charge >= 0.3 is 0 Å². The van der Waals surface area contributed by atoms with Crippen molar-refractivity contribution in [3.63, 3.8) is 0 Å². The number of anilines is 1. The van der Waals surface area contributed by atoms with Crippen LogP contribution in [0, 0.1) is 0 Å². The predicted octanol–water partition coefficient (Wildman–Crippen LogP) is 1.92. The highest BCUT2D eigenvalue weighted by Gasteiger charge is 2.22. The molecule has 0 fully saturated rings. The average molecular weight is 307 g/mol. The molecule has 2 rings (SSSR count). The third-order valence-corrected chi connectivity index (χ3v) is 4.17. The Kier molecular flexibility index (Phi) is 3.47. The van der Waals surface area contributed by atoms with Crippen molar-refractivity contribution in [3.05, 3.63) is 34.7 Å². The summed E-state index contributed by atoms with van der Waals surface area (Å²) < 4.78 is 27.7. The van der Waals surface area contributed by atoms with E-state index >= 15 is 0 Å². The Bertz CT molecular complexity index is 664. The van der Waals surface area contributed by atoms with Gasteiger partial charge in [0.1, 0.15) is 5.15 Å². The smallest absolute Gasteiger partial charge is 0.278 e. The van der Waals surface area contributed by atoms with E-state index in [9.17, 15) is 8.42 Å². The molecule has 0 aliphatic heterocycles.